The van der Waals surface area contributed by atoms with Gasteiger partial charge in [0, 0.05) is 11.6 Å². The number of hydrazine groups is 1. The monoisotopic (exact) mass is 208 g/mol. The molecule has 0 aliphatic heterocycles. The lowest BCUT2D eigenvalue weighted by Gasteiger charge is -2.15. The normalized spacial score (nSPS) is 13.3. The molecule has 1 aromatic rings. The summed E-state index contributed by atoms with van der Waals surface area (Å²) in [5.74, 6) is 2.95. The summed E-state index contributed by atoms with van der Waals surface area (Å²) in [5.41, 5.74) is 1.41. The Kier molecular flexibility index (Phi) is 3.43. The van der Waals surface area contributed by atoms with Crippen LogP contribution in [0, 0.1) is 11.6 Å². The first kappa shape index (κ1) is 10.9. The molecule has 0 radical (unpaired) electrons. The van der Waals surface area contributed by atoms with E-state index in [-0.39, 0.29) is 5.56 Å². The van der Waals surface area contributed by atoms with E-state index in [1.807, 2.05) is 0 Å². The largest absolute Gasteiger partial charge is 0.271 e. The molecule has 1 unspecified atom stereocenters. The van der Waals surface area contributed by atoms with E-state index in [1.165, 1.54) is 0 Å². The summed E-state index contributed by atoms with van der Waals surface area (Å²) in [4.78, 5) is 0. The lowest BCUT2D eigenvalue weighted by Crippen LogP contribution is -2.33. The Morgan fingerprint density at radius 3 is 2.29 bits per heavy atom. The zero-order chi connectivity index (χ0) is 10.7. The molecule has 0 fully saturated rings. The molecule has 1 aromatic carbocycles. The quantitative estimate of drug-likeness (QED) is 0.451. The first-order chi connectivity index (χ1) is 6.56. The zero-order valence-electron chi connectivity index (χ0n) is 6.98. The third-order valence-electron chi connectivity index (χ3n) is 1.73. The fourth-order valence-corrected chi connectivity index (χ4v) is 1.05. The van der Waals surface area contributed by atoms with Crippen molar-refractivity contribution in [3.8, 4) is 0 Å². The molecule has 0 aromatic heterocycles. The Morgan fingerprint density at radius 2 is 1.86 bits per heavy atom. The molecule has 0 aliphatic rings. The van der Waals surface area contributed by atoms with Crippen molar-refractivity contribution in [2.24, 2.45) is 5.84 Å². The maximum absolute atomic E-state index is 13.0. The molecule has 0 saturated carbocycles. The van der Waals surface area contributed by atoms with Gasteiger partial charge in [0.2, 0.25) is 0 Å². The van der Waals surface area contributed by atoms with Gasteiger partial charge in [-0.2, -0.15) is 0 Å². The molecule has 0 amide bonds. The minimum Gasteiger partial charge on any atom is -0.271 e. The molecule has 6 heteroatoms. The predicted molar refractivity (Wildman–Crippen MR) is 42.4 cm³/mol. The molecular formula is C8H8F4N2. The highest BCUT2D eigenvalue weighted by Gasteiger charge is 2.23. The van der Waals surface area contributed by atoms with E-state index in [4.69, 9.17) is 5.84 Å². The summed E-state index contributed by atoms with van der Waals surface area (Å²) in [6.07, 6.45) is -2.86. The average Bonchev–Trinajstić information content (AvgIpc) is 2.09. The molecular weight excluding hydrogens is 200 g/mol. The minimum absolute atomic E-state index is 0.357. The number of hydrogen-bond donors (Lipinski definition) is 2. The Balaban J connectivity index is 3.04. The van der Waals surface area contributed by atoms with Crippen LogP contribution in [-0.4, -0.2) is 6.43 Å². The highest BCUT2D eigenvalue weighted by Crippen LogP contribution is 2.22. The maximum Gasteiger partial charge on any atom is 0.259 e. The molecule has 1 atom stereocenters. The summed E-state index contributed by atoms with van der Waals surface area (Å²) < 4.78 is 49.9. The van der Waals surface area contributed by atoms with Gasteiger partial charge in [-0.25, -0.2) is 23.0 Å². The van der Waals surface area contributed by atoms with Crippen LogP contribution >= 0.6 is 0 Å². The van der Waals surface area contributed by atoms with Crippen molar-refractivity contribution >= 4 is 0 Å². The van der Waals surface area contributed by atoms with Crippen LogP contribution in [0.3, 0.4) is 0 Å². The highest BCUT2D eigenvalue weighted by atomic mass is 19.3. The third kappa shape index (κ3) is 2.21. The number of hydrogen-bond acceptors (Lipinski definition) is 2. The van der Waals surface area contributed by atoms with Crippen LogP contribution in [0.15, 0.2) is 18.2 Å². The van der Waals surface area contributed by atoms with Gasteiger partial charge in [0.15, 0.2) is 0 Å². The Hall–Kier alpha value is -1.14. The van der Waals surface area contributed by atoms with Gasteiger partial charge in [0.1, 0.15) is 17.7 Å². The van der Waals surface area contributed by atoms with E-state index in [9.17, 15) is 17.6 Å². The van der Waals surface area contributed by atoms with Crippen molar-refractivity contribution in [2.75, 3.05) is 0 Å². The van der Waals surface area contributed by atoms with E-state index >= 15 is 0 Å². The molecule has 78 valence electrons. The zero-order valence-corrected chi connectivity index (χ0v) is 6.98. The topological polar surface area (TPSA) is 38.0 Å². The van der Waals surface area contributed by atoms with Crippen LogP contribution in [0.4, 0.5) is 17.6 Å². The number of halogens is 4. The second-order valence-corrected chi connectivity index (χ2v) is 2.64. The summed E-state index contributed by atoms with van der Waals surface area (Å²) in [6.45, 7) is 0. The van der Waals surface area contributed by atoms with Crippen molar-refractivity contribution in [1.29, 1.82) is 0 Å². The molecule has 14 heavy (non-hydrogen) atoms. The van der Waals surface area contributed by atoms with E-state index in [2.05, 4.69) is 0 Å². The first-order valence-electron chi connectivity index (χ1n) is 3.75. The number of nitrogens with one attached hydrogen (secondary N) is 1. The van der Waals surface area contributed by atoms with Crippen LogP contribution in [0.5, 0.6) is 0 Å². The van der Waals surface area contributed by atoms with Crippen LogP contribution in [0.25, 0.3) is 0 Å². The Morgan fingerprint density at radius 1 is 1.21 bits per heavy atom. The summed E-state index contributed by atoms with van der Waals surface area (Å²) in [5, 5.41) is 0. The van der Waals surface area contributed by atoms with Crippen molar-refractivity contribution in [1.82, 2.24) is 5.43 Å². The molecule has 2 nitrogen and oxygen atoms in total. The van der Waals surface area contributed by atoms with Gasteiger partial charge in [-0.3, -0.25) is 5.84 Å². The Labute approximate surface area is 77.7 Å². The summed E-state index contributed by atoms with van der Waals surface area (Å²) in [7, 11) is 0. The molecule has 0 saturated heterocycles. The summed E-state index contributed by atoms with van der Waals surface area (Å²) in [6, 6.07) is 0.727. The number of nitrogens with two attached hydrogens (primary N) is 1. The van der Waals surface area contributed by atoms with E-state index < -0.39 is 24.1 Å². The lowest BCUT2D eigenvalue weighted by atomic mass is 10.1. The third-order valence-corrected chi connectivity index (χ3v) is 1.73. The van der Waals surface area contributed by atoms with Crippen LogP contribution in [0.1, 0.15) is 11.6 Å². The first-order valence-corrected chi connectivity index (χ1v) is 3.75. The van der Waals surface area contributed by atoms with Gasteiger partial charge in [-0.15, -0.1) is 0 Å². The molecule has 1 rings (SSSR count). The fraction of sp³-hybridized carbons (Fsp3) is 0.250. The van der Waals surface area contributed by atoms with Crippen LogP contribution < -0.4 is 11.3 Å². The van der Waals surface area contributed by atoms with Gasteiger partial charge in [-0.1, -0.05) is 6.07 Å². The highest BCUT2D eigenvalue weighted by molar-refractivity contribution is 5.22. The SMILES string of the molecule is NNC(c1ccc(F)cc1F)C(F)F. The van der Waals surface area contributed by atoms with Crippen LogP contribution in [-0.2, 0) is 0 Å². The van der Waals surface area contributed by atoms with Gasteiger partial charge < -0.3 is 0 Å². The smallest absolute Gasteiger partial charge is 0.259 e. The molecule has 0 aliphatic carbocycles. The number of benzene rings is 1. The van der Waals surface area contributed by atoms with Gasteiger partial charge >= 0.3 is 0 Å². The van der Waals surface area contributed by atoms with Crippen LogP contribution in [0.2, 0.25) is 0 Å². The summed E-state index contributed by atoms with van der Waals surface area (Å²) >= 11 is 0. The van der Waals surface area contributed by atoms with Gasteiger partial charge in [-0.05, 0) is 6.07 Å². The standard InChI is InChI=1S/C8H8F4N2/c9-4-1-2-5(6(10)3-4)7(14-13)8(11)12/h1-3,7-8,14H,13H2. The maximum atomic E-state index is 13.0. The van der Waals surface area contributed by atoms with E-state index in [0.717, 1.165) is 12.1 Å². The number of alkyl halides is 2. The predicted octanol–water partition coefficient (Wildman–Crippen LogP) is 1.73. The lowest BCUT2D eigenvalue weighted by molar-refractivity contribution is 0.0968. The van der Waals surface area contributed by atoms with Gasteiger partial charge in [0.05, 0.1) is 0 Å². The van der Waals surface area contributed by atoms with Crippen molar-refractivity contribution in [2.45, 2.75) is 12.5 Å². The van der Waals surface area contributed by atoms with E-state index in [0.29, 0.717) is 6.07 Å². The van der Waals surface area contributed by atoms with Crippen molar-refractivity contribution in [3.05, 3.63) is 35.4 Å². The molecule has 0 spiro atoms. The van der Waals surface area contributed by atoms with Gasteiger partial charge in [0.25, 0.3) is 6.43 Å². The molecule has 3 N–H and O–H groups in total. The fourth-order valence-electron chi connectivity index (χ4n) is 1.05. The second kappa shape index (κ2) is 4.39. The van der Waals surface area contributed by atoms with Crippen molar-refractivity contribution in [3.63, 3.8) is 0 Å². The molecule has 0 heterocycles. The number of rotatable bonds is 3. The van der Waals surface area contributed by atoms with E-state index in [1.54, 1.807) is 5.43 Å². The molecule has 0 bridgehead atoms. The second-order valence-electron chi connectivity index (χ2n) is 2.64. The average molecular weight is 208 g/mol. The Bertz CT molecular complexity index is 316. The minimum atomic E-state index is -2.86. The van der Waals surface area contributed by atoms with Crippen molar-refractivity contribution < 1.29 is 17.6 Å².